The average molecular weight is 225 g/mol. The Morgan fingerprint density at radius 2 is 2.00 bits per heavy atom. The molecule has 0 saturated carbocycles. The third kappa shape index (κ3) is 3.62. The van der Waals surface area contributed by atoms with Gasteiger partial charge in [0.25, 0.3) is 0 Å². The van der Waals surface area contributed by atoms with Crippen LogP contribution < -0.4 is 5.73 Å². The Hall–Kier alpha value is -0.340. The van der Waals surface area contributed by atoms with Crippen molar-refractivity contribution in [1.29, 1.82) is 0 Å². The highest BCUT2D eigenvalue weighted by Crippen LogP contribution is 2.33. The van der Waals surface area contributed by atoms with Gasteiger partial charge in [0.05, 0.1) is 0 Å². The van der Waals surface area contributed by atoms with Crippen LogP contribution in [0.4, 0.5) is 0 Å². The van der Waals surface area contributed by atoms with Crippen LogP contribution in [0.25, 0.3) is 0 Å². The summed E-state index contributed by atoms with van der Waals surface area (Å²) in [6, 6.07) is 2.41. The average Bonchev–Trinajstić information content (AvgIpc) is 2.50. The van der Waals surface area contributed by atoms with Crippen LogP contribution in [0.1, 0.15) is 50.6 Å². The summed E-state index contributed by atoms with van der Waals surface area (Å²) < 4.78 is 0. The third-order valence-electron chi connectivity index (χ3n) is 3.26. The van der Waals surface area contributed by atoms with E-state index in [4.69, 9.17) is 5.73 Å². The zero-order valence-electron chi connectivity index (χ0n) is 10.5. The summed E-state index contributed by atoms with van der Waals surface area (Å²) in [5, 5.41) is 2.19. The van der Waals surface area contributed by atoms with Crippen LogP contribution in [0.15, 0.2) is 11.4 Å². The lowest BCUT2D eigenvalue weighted by molar-refractivity contribution is 0.234. The maximum atomic E-state index is 6.21. The minimum absolute atomic E-state index is 0.198. The van der Waals surface area contributed by atoms with Gasteiger partial charge in [0, 0.05) is 10.9 Å². The zero-order chi connectivity index (χ0) is 11.6. The van der Waals surface area contributed by atoms with Crippen molar-refractivity contribution in [3.8, 4) is 0 Å². The Kier molecular flexibility index (Phi) is 3.96. The van der Waals surface area contributed by atoms with E-state index in [0.717, 1.165) is 6.42 Å². The lowest BCUT2D eigenvalue weighted by Gasteiger charge is -2.29. The molecule has 2 atom stereocenters. The van der Waals surface area contributed by atoms with Gasteiger partial charge < -0.3 is 5.73 Å². The quantitative estimate of drug-likeness (QED) is 0.822. The molecule has 0 bridgehead atoms. The first kappa shape index (κ1) is 12.7. The van der Waals surface area contributed by atoms with Crippen molar-refractivity contribution in [2.45, 2.75) is 47.1 Å². The van der Waals surface area contributed by atoms with Crippen molar-refractivity contribution in [1.82, 2.24) is 0 Å². The van der Waals surface area contributed by atoms with Gasteiger partial charge >= 0.3 is 0 Å². The summed E-state index contributed by atoms with van der Waals surface area (Å²) in [4.78, 5) is 1.35. The minimum atomic E-state index is 0.198. The second-order valence-corrected chi connectivity index (χ2v) is 6.72. The first-order valence-corrected chi connectivity index (χ1v) is 6.49. The fourth-order valence-corrected chi connectivity index (χ4v) is 2.30. The Bertz CT molecular complexity index is 309. The van der Waals surface area contributed by atoms with Gasteiger partial charge in [0.1, 0.15) is 0 Å². The van der Waals surface area contributed by atoms with E-state index in [0.29, 0.717) is 11.3 Å². The number of nitrogens with two attached hydrogens (primary N) is 1. The van der Waals surface area contributed by atoms with Gasteiger partial charge in [-0.05, 0) is 41.7 Å². The molecule has 15 heavy (non-hydrogen) atoms. The summed E-state index contributed by atoms with van der Waals surface area (Å²) in [5.41, 5.74) is 7.86. The van der Waals surface area contributed by atoms with Gasteiger partial charge in [-0.15, -0.1) is 11.3 Å². The number of aryl methyl sites for hydroxylation is 1. The molecule has 0 aliphatic rings. The number of hydrogen-bond acceptors (Lipinski definition) is 2. The van der Waals surface area contributed by atoms with Crippen LogP contribution in [-0.2, 0) is 0 Å². The Morgan fingerprint density at radius 1 is 1.40 bits per heavy atom. The van der Waals surface area contributed by atoms with Crippen molar-refractivity contribution in [2.75, 3.05) is 0 Å². The summed E-state index contributed by atoms with van der Waals surface area (Å²) in [7, 11) is 0. The molecule has 0 aliphatic carbocycles. The molecule has 1 rings (SSSR count). The molecule has 1 nitrogen and oxygen atoms in total. The highest BCUT2D eigenvalue weighted by molar-refractivity contribution is 7.10. The van der Waals surface area contributed by atoms with Crippen LogP contribution in [-0.4, -0.2) is 0 Å². The van der Waals surface area contributed by atoms with E-state index in [9.17, 15) is 0 Å². The maximum absolute atomic E-state index is 6.21. The van der Waals surface area contributed by atoms with E-state index in [1.165, 1.54) is 10.4 Å². The summed E-state index contributed by atoms with van der Waals surface area (Å²) in [6.45, 7) is 11.3. The first-order chi connectivity index (χ1) is 6.80. The summed E-state index contributed by atoms with van der Waals surface area (Å²) in [6.07, 6.45) is 1.07. The van der Waals surface area contributed by atoms with Crippen LogP contribution in [0.2, 0.25) is 0 Å². The molecule has 1 aromatic heterocycles. The van der Waals surface area contributed by atoms with Crippen LogP contribution in [0.3, 0.4) is 0 Å². The van der Waals surface area contributed by atoms with Gasteiger partial charge in [-0.1, -0.05) is 27.7 Å². The van der Waals surface area contributed by atoms with Crippen LogP contribution in [0, 0.1) is 18.3 Å². The van der Waals surface area contributed by atoms with Crippen LogP contribution in [0.5, 0.6) is 0 Å². The third-order valence-corrected chi connectivity index (χ3v) is 4.14. The van der Waals surface area contributed by atoms with E-state index in [1.807, 2.05) is 0 Å². The van der Waals surface area contributed by atoms with E-state index >= 15 is 0 Å². The normalized spacial score (nSPS) is 16.4. The molecule has 0 saturated heterocycles. The van der Waals surface area contributed by atoms with Gasteiger partial charge in [0.15, 0.2) is 0 Å². The van der Waals surface area contributed by atoms with Gasteiger partial charge in [-0.25, -0.2) is 0 Å². The van der Waals surface area contributed by atoms with Crippen molar-refractivity contribution in [2.24, 2.45) is 17.1 Å². The van der Waals surface area contributed by atoms with Gasteiger partial charge in [0.2, 0.25) is 0 Å². The Morgan fingerprint density at radius 3 is 2.40 bits per heavy atom. The molecule has 2 unspecified atom stereocenters. The molecule has 86 valence electrons. The molecule has 2 N–H and O–H groups in total. The second-order valence-electron chi connectivity index (χ2n) is 5.60. The molecule has 2 heteroatoms. The molecule has 1 heterocycles. The predicted molar refractivity (Wildman–Crippen MR) is 69.2 cm³/mol. The smallest absolute Gasteiger partial charge is 0.0305 e. The second kappa shape index (κ2) is 4.67. The molecule has 1 aromatic rings. The number of hydrogen-bond donors (Lipinski definition) is 1. The molecule has 0 aliphatic heterocycles. The molecule has 0 fully saturated rings. The molecule has 0 spiro atoms. The van der Waals surface area contributed by atoms with Crippen molar-refractivity contribution in [3.63, 3.8) is 0 Å². The summed E-state index contributed by atoms with van der Waals surface area (Å²) in [5.74, 6) is 0.646. The largest absolute Gasteiger partial charge is 0.324 e. The predicted octanol–water partition coefficient (Wildman–Crippen LogP) is 4.13. The fraction of sp³-hybridized carbons (Fsp3) is 0.692. The fourth-order valence-electron chi connectivity index (χ4n) is 1.53. The van der Waals surface area contributed by atoms with Gasteiger partial charge in [-0.3, -0.25) is 0 Å². The summed E-state index contributed by atoms with van der Waals surface area (Å²) >= 11 is 1.79. The number of rotatable bonds is 3. The Balaban J connectivity index is 2.60. The molecule has 0 amide bonds. The zero-order valence-corrected chi connectivity index (χ0v) is 11.3. The maximum Gasteiger partial charge on any atom is 0.0305 e. The van der Waals surface area contributed by atoms with Crippen molar-refractivity contribution in [3.05, 3.63) is 21.9 Å². The van der Waals surface area contributed by atoms with Crippen LogP contribution >= 0.6 is 11.3 Å². The SMILES string of the molecule is Cc1cc(C(N)CC(C)C(C)(C)C)cs1. The monoisotopic (exact) mass is 225 g/mol. The molecule has 0 aromatic carbocycles. The van der Waals surface area contributed by atoms with E-state index < -0.39 is 0 Å². The van der Waals surface area contributed by atoms with Crippen molar-refractivity contribution < 1.29 is 0 Å². The molecular formula is C13H23NS. The molecular weight excluding hydrogens is 202 g/mol. The highest BCUT2D eigenvalue weighted by Gasteiger charge is 2.22. The lowest BCUT2D eigenvalue weighted by atomic mass is 9.78. The lowest BCUT2D eigenvalue weighted by Crippen LogP contribution is -2.22. The highest BCUT2D eigenvalue weighted by atomic mass is 32.1. The van der Waals surface area contributed by atoms with Gasteiger partial charge in [-0.2, -0.15) is 0 Å². The van der Waals surface area contributed by atoms with Crippen molar-refractivity contribution >= 4 is 11.3 Å². The van der Waals surface area contributed by atoms with E-state index in [-0.39, 0.29) is 6.04 Å². The minimum Gasteiger partial charge on any atom is -0.324 e. The topological polar surface area (TPSA) is 26.0 Å². The Labute approximate surface area is 97.7 Å². The van der Waals surface area contributed by atoms with E-state index in [2.05, 4.69) is 46.1 Å². The number of thiophene rings is 1. The molecule has 0 radical (unpaired) electrons. The standard InChI is InChI=1S/C13H23NS/c1-9(13(3,4)5)6-12(14)11-7-10(2)15-8-11/h7-9,12H,6,14H2,1-5H3. The van der Waals surface area contributed by atoms with E-state index in [1.54, 1.807) is 11.3 Å². The first-order valence-electron chi connectivity index (χ1n) is 5.61.